The van der Waals surface area contributed by atoms with Crippen molar-refractivity contribution >= 4 is 12.2 Å². The fourth-order valence-corrected chi connectivity index (χ4v) is 2.71. The molecule has 0 amide bonds. The molecule has 1 saturated carbocycles. The Morgan fingerprint density at radius 2 is 2.06 bits per heavy atom. The molecule has 1 aromatic heterocycles. The highest BCUT2D eigenvalue weighted by Crippen LogP contribution is 2.40. The van der Waals surface area contributed by atoms with Gasteiger partial charge in [0.2, 0.25) is 0 Å². The van der Waals surface area contributed by atoms with Crippen molar-refractivity contribution in [1.29, 1.82) is 0 Å². The van der Waals surface area contributed by atoms with Gasteiger partial charge in [0.1, 0.15) is 16.1 Å². The second-order valence-electron chi connectivity index (χ2n) is 5.08. The summed E-state index contributed by atoms with van der Waals surface area (Å²) < 4.78 is 6.39. The number of hydrogen-bond acceptors (Lipinski definition) is 3. The lowest BCUT2D eigenvalue weighted by molar-refractivity contribution is -0.0165. The second kappa shape index (κ2) is 4.86. The molecule has 17 heavy (non-hydrogen) atoms. The number of aromatic amines is 1. The van der Waals surface area contributed by atoms with Crippen LogP contribution in [0, 0.1) is 4.64 Å². The Labute approximate surface area is 108 Å². The van der Waals surface area contributed by atoms with Gasteiger partial charge in [-0.05, 0) is 37.7 Å². The van der Waals surface area contributed by atoms with Gasteiger partial charge in [0.25, 0.3) is 0 Å². The smallest absolute Gasteiger partial charge is 0.140 e. The molecule has 0 unspecified atom stereocenters. The predicted molar refractivity (Wildman–Crippen MR) is 70.7 cm³/mol. The Balaban J connectivity index is 2.47. The van der Waals surface area contributed by atoms with Gasteiger partial charge in [0.05, 0.1) is 0 Å². The third-order valence-corrected chi connectivity index (χ3v) is 3.83. The van der Waals surface area contributed by atoms with Gasteiger partial charge in [-0.25, -0.2) is 4.98 Å². The topological polar surface area (TPSA) is 37.9 Å². The number of ether oxygens (including phenoxy) is 1. The lowest BCUT2D eigenvalue weighted by Crippen LogP contribution is -2.28. The zero-order chi connectivity index (χ0) is 12.5. The van der Waals surface area contributed by atoms with Gasteiger partial charge in [-0.3, -0.25) is 0 Å². The van der Waals surface area contributed by atoms with E-state index in [0.717, 1.165) is 24.4 Å². The van der Waals surface area contributed by atoms with Crippen LogP contribution in [0.15, 0.2) is 6.07 Å². The van der Waals surface area contributed by atoms with Crippen molar-refractivity contribution < 1.29 is 4.74 Å². The maximum atomic E-state index is 5.73. The Morgan fingerprint density at radius 3 is 2.59 bits per heavy atom. The van der Waals surface area contributed by atoms with Crippen molar-refractivity contribution in [3.05, 3.63) is 22.2 Å². The molecule has 94 valence electrons. The number of nitrogens with one attached hydrogen (secondary N) is 1. The minimum atomic E-state index is -0.238. The Hall–Kier alpha value is -0.740. The summed E-state index contributed by atoms with van der Waals surface area (Å²) in [5.74, 6) is 1.34. The summed E-state index contributed by atoms with van der Waals surface area (Å²) in [6.07, 6.45) is 4.46. The van der Waals surface area contributed by atoms with Crippen LogP contribution in [-0.4, -0.2) is 17.1 Å². The summed E-state index contributed by atoms with van der Waals surface area (Å²) in [6.45, 7) is 4.30. The highest BCUT2D eigenvalue weighted by atomic mass is 32.1. The largest absolute Gasteiger partial charge is 0.370 e. The molecule has 0 spiro atoms. The van der Waals surface area contributed by atoms with E-state index in [1.807, 2.05) is 6.07 Å². The monoisotopic (exact) mass is 252 g/mol. The van der Waals surface area contributed by atoms with E-state index in [1.165, 1.54) is 12.8 Å². The summed E-state index contributed by atoms with van der Waals surface area (Å²) in [5, 5.41) is 0. The quantitative estimate of drug-likeness (QED) is 0.834. The van der Waals surface area contributed by atoms with Crippen LogP contribution in [-0.2, 0) is 10.3 Å². The average Bonchev–Trinajstić information content (AvgIpc) is 2.78. The van der Waals surface area contributed by atoms with Gasteiger partial charge in [0, 0.05) is 12.8 Å². The molecule has 4 heteroatoms. The van der Waals surface area contributed by atoms with Crippen LogP contribution >= 0.6 is 12.2 Å². The number of nitrogens with zero attached hydrogens (tertiary/aromatic N) is 1. The average molecular weight is 252 g/mol. The van der Waals surface area contributed by atoms with Gasteiger partial charge in [0.15, 0.2) is 0 Å². The van der Waals surface area contributed by atoms with Crippen molar-refractivity contribution in [3.63, 3.8) is 0 Å². The van der Waals surface area contributed by atoms with Crippen LogP contribution in [0.2, 0.25) is 0 Å². The van der Waals surface area contributed by atoms with E-state index < -0.39 is 0 Å². The van der Waals surface area contributed by atoms with Crippen molar-refractivity contribution in [2.45, 2.75) is 51.0 Å². The minimum Gasteiger partial charge on any atom is -0.370 e. The lowest BCUT2D eigenvalue weighted by atomic mass is 10.0. The van der Waals surface area contributed by atoms with E-state index in [9.17, 15) is 0 Å². The van der Waals surface area contributed by atoms with E-state index in [4.69, 9.17) is 17.0 Å². The molecular weight excluding hydrogens is 232 g/mol. The second-order valence-corrected chi connectivity index (χ2v) is 5.50. The Morgan fingerprint density at radius 1 is 1.41 bits per heavy atom. The van der Waals surface area contributed by atoms with E-state index in [-0.39, 0.29) is 5.60 Å². The minimum absolute atomic E-state index is 0.238. The molecule has 3 nitrogen and oxygen atoms in total. The number of H-pyrrole nitrogens is 1. The lowest BCUT2D eigenvalue weighted by Gasteiger charge is -2.27. The van der Waals surface area contributed by atoms with Crippen molar-refractivity contribution in [3.8, 4) is 0 Å². The molecule has 0 aliphatic heterocycles. The standard InChI is InChI=1S/C13H20N2OS/c1-9(2)10-8-11(17)15-12(14-10)13(16-3)6-4-5-7-13/h8-9H,4-7H2,1-3H3,(H,14,15,17). The van der Waals surface area contributed by atoms with Crippen LogP contribution in [0.1, 0.15) is 57.0 Å². The molecule has 0 aromatic carbocycles. The van der Waals surface area contributed by atoms with E-state index in [0.29, 0.717) is 10.6 Å². The molecule has 1 N–H and O–H groups in total. The van der Waals surface area contributed by atoms with E-state index in [2.05, 4.69) is 23.8 Å². The molecule has 0 atom stereocenters. The summed E-state index contributed by atoms with van der Waals surface area (Å²) in [7, 11) is 1.77. The summed E-state index contributed by atoms with van der Waals surface area (Å²) >= 11 is 5.25. The summed E-state index contributed by atoms with van der Waals surface area (Å²) in [5.41, 5.74) is 0.904. The molecule has 0 bridgehead atoms. The zero-order valence-electron chi connectivity index (χ0n) is 10.7. The third-order valence-electron chi connectivity index (χ3n) is 3.62. The first kappa shape index (κ1) is 12.7. The Kier molecular flexibility index (Phi) is 3.64. The first-order valence-corrected chi connectivity index (χ1v) is 6.65. The first-order chi connectivity index (χ1) is 8.07. The normalized spacial score (nSPS) is 18.8. The van der Waals surface area contributed by atoms with Gasteiger partial charge in [-0.1, -0.05) is 26.1 Å². The van der Waals surface area contributed by atoms with Crippen LogP contribution in [0.4, 0.5) is 0 Å². The van der Waals surface area contributed by atoms with Crippen LogP contribution < -0.4 is 0 Å². The fourth-order valence-electron chi connectivity index (χ4n) is 2.49. The molecular formula is C13H20N2OS. The molecule has 1 fully saturated rings. The number of aromatic nitrogens is 2. The zero-order valence-corrected chi connectivity index (χ0v) is 11.6. The van der Waals surface area contributed by atoms with Gasteiger partial charge < -0.3 is 9.72 Å². The summed E-state index contributed by atoms with van der Waals surface area (Å²) in [4.78, 5) is 7.89. The third kappa shape index (κ3) is 2.43. The maximum Gasteiger partial charge on any atom is 0.140 e. The Bertz CT molecular complexity index is 447. The molecule has 0 radical (unpaired) electrons. The SMILES string of the molecule is COC1(c2nc(=S)cc(C(C)C)[nH]2)CCCC1. The molecule has 2 rings (SSSR count). The van der Waals surface area contributed by atoms with Gasteiger partial charge >= 0.3 is 0 Å². The molecule has 1 aliphatic rings. The van der Waals surface area contributed by atoms with Crippen LogP contribution in [0.25, 0.3) is 0 Å². The van der Waals surface area contributed by atoms with Gasteiger partial charge in [-0.2, -0.15) is 0 Å². The molecule has 1 aromatic rings. The molecule has 1 heterocycles. The fraction of sp³-hybridized carbons (Fsp3) is 0.692. The highest BCUT2D eigenvalue weighted by Gasteiger charge is 2.38. The van der Waals surface area contributed by atoms with Crippen LogP contribution in [0.3, 0.4) is 0 Å². The number of hydrogen-bond donors (Lipinski definition) is 1. The molecule has 0 saturated heterocycles. The van der Waals surface area contributed by atoms with Gasteiger partial charge in [-0.15, -0.1) is 0 Å². The maximum absolute atomic E-state index is 5.73. The number of methoxy groups -OCH3 is 1. The van der Waals surface area contributed by atoms with Crippen LogP contribution in [0.5, 0.6) is 0 Å². The van der Waals surface area contributed by atoms with E-state index >= 15 is 0 Å². The predicted octanol–water partition coefficient (Wildman–Crippen LogP) is 3.68. The van der Waals surface area contributed by atoms with Crippen molar-refractivity contribution in [2.75, 3.05) is 7.11 Å². The first-order valence-electron chi connectivity index (χ1n) is 6.24. The summed E-state index contributed by atoms with van der Waals surface area (Å²) in [6, 6.07) is 1.95. The molecule has 1 aliphatic carbocycles. The highest BCUT2D eigenvalue weighted by molar-refractivity contribution is 7.71. The number of rotatable bonds is 3. The van der Waals surface area contributed by atoms with E-state index in [1.54, 1.807) is 7.11 Å². The van der Waals surface area contributed by atoms with Crippen molar-refractivity contribution in [2.24, 2.45) is 0 Å². The van der Waals surface area contributed by atoms with Crippen molar-refractivity contribution in [1.82, 2.24) is 9.97 Å².